The highest BCUT2D eigenvalue weighted by Crippen LogP contribution is 2.20. The Hall–Kier alpha value is -4.29. The highest BCUT2D eigenvalue weighted by Gasteiger charge is 2.38. The molecule has 3 aromatic rings. The molecule has 10 nitrogen and oxygen atoms in total. The Morgan fingerprint density at radius 2 is 1.57 bits per heavy atom. The molecule has 190 valence electrons. The van der Waals surface area contributed by atoms with Gasteiger partial charge in [-0.15, -0.1) is 0 Å². The molecule has 3 aromatic carbocycles. The smallest absolute Gasteiger partial charge is 0.429 e. The minimum absolute atomic E-state index is 0.0353. The predicted molar refractivity (Wildman–Crippen MR) is 130 cm³/mol. The molecule has 5 rings (SSSR count). The topological polar surface area (TPSA) is 126 Å². The highest BCUT2D eigenvalue weighted by molar-refractivity contribution is 7.89. The summed E-state index contributed by atoms with van der Waals surface area (Å²) in [6, 6.07) is 20.2. The van der Waals surface area contributed by atoms with Gasteiger partial charge in [0.2, 0.25) is 22.2 Å². The lowest BCUT2D eigenvalue weighted by atomic mass is 10.0. The third-order valence-electron chi connectivity index (χ3n) is 5.66. The zero-order valence-electron chi connectivity index (χ0n) is 19.3. The fourth-order valence-corrected chi connectivity index (χ4v) is 4.88. The number of benzene rings is 3. The number of anilines is 1. The molecule has 1 atom stereocenters. The second-order valence-corrected chi connectivity index (χ2v) is 10.1. The molecule has 0 saturated carbocycles. The van der Waals surface area contributed by atoms with Crippen LogP contribution >= 0.6 is 0 Å². The van der Waals surface area contributed by atoms with Gasteiger partial charge in [0, 0.05) is 12.2 Å². The van der Waals surface area contributed by atoms with Crippen LogP contribution in [0.3, 0.4) is 0 Å². The molecule has 2 N–H and O–H groups in total. The Morgan fingerprint density at radius 1 is 0.919 bits per heavy atom. The SMILES string of the molecule is O=C1OC2CN(OC1=O)C(Nc1ccc(Cc3ccc(CNS(=O)(=O)c4ccccc4F)cc3)cc1)=N2. The van der Waals surface area contributed by atoms with Gasteiger partial charge in [-0.2, -0.15) is 5.06 Å². The van der Waals surface area contributed by atoms with E-state index in [4.69, 9.17) is 9.57 Å². The van der Waals surface area contributed by atoms with Gasteiger partial charge in [-0.3, -0.25) is 0 Å². The van der Waals surface area contributed by atoms with Gasteiger partial charge >= 0.3 is 11.9 Å². The molecule has 0 aliphatic carbocycles. The number of aliphatic imine (C=N–C) groups is 1. The van der Waals surface area contributed by atoms with Gasteiger partial charge in [-0.1, -0.05) is 48.5 Å². The van der Waals surface area contributed by atoms with E-state index in [1.165, 1.54) is 23.3 Å². The van der Waals surface area contributed by atoms with Crippen molar-refractivity contribution in [2.24, 2.45) is 4.99 Å². The summed E-state index contributed by atoms with van der Waals surface area (Å²) in [6.07, 6.45) is -0.164. The van der Waals surface area contributed by atoms with Crippen molar-refractivity contribution in [3.8, 4) is 0 Å². The van der Waals surface area contributed by atoms with E-state index in [1.807, 2.05) is 48.5 Å². The fraction of sp³-hybridized carbons (Fsp3) is 0.160. The predicted octanol–water partition coefficient (Wildman–Crippen LogP) is 2.32. The number of nitrogens with one attached hydrogen (secondary N) is 2. The van der Waals surface area contributed by atoms with Crippen LogP contribution in [0.25, 0.3) is 0 Å². The largest absolute Gasteiger partial charge is 0.441 e. The first-order valence-corrected chi connectivity index (χ1v) is 12.7. The number of guanidine groups is 1. The number of ether oxygens (including phenoxy) is 1. The van der Waals surface area contributed by atoms with Crippen LogP contribution in [0.5, 0.6) is 0 Å². The number of carbonyl (C=O) groups is 2. The second-order valence-electron chi connectivity index (χ2n) is 8.32. The first-order valence-electron chi connectivity index (χ1n) is 11.2. The van der Waals surface area contributed by atoms with Crippen LogP contribution in [-0.2, 0) is 42.2 Å². The zero-order chi connectivity index (χ0) is 26.0. The Morgan fingerprint density at radius 3 is 2.27 bits per heavy atom. The Bertz CT molecular complexity index is 1480. The number of esters is 1. The standard InChI is InChI=1S/C25H21FN4O6S/c26-20-3-1-2-4-21(20)37(33,34)27-14-18-7-5-16(6-8-18)13-17-9-11-19(12-10-17)28-25-29-22-15-30(25)36-24(32)23(31)35-22/h1-12,22,27H,13-15H2,(H,28,29). The summed E-state index contributed by atoms with van der Waals surface area (Å²) in [7, 11) is -3.96. The van der Waals surface area contributed by atoms with Crippen molar-refractivity contribution in [2.45, 2.75) is 24.1 Å². The van der Waals surface area contributed by atoms with Gasteiger partial charge in [-0.05, 0) is 47.4 Å². The molecule has 1 saturated heterocycles. The Kier molecular flexibility index (Phi) is 6.59. The van der Waals surface area contributed by atoms with Gasteiger partial charge in [-0.25, -0.2) is 32.1 Å². The molecular formula is C25H21FN4O6S. The van der Waals surface area contributed by atoms with E-state index < -0.39 is 34.0 Å². The van der Waals surface area contributed by atoms with Gasteiger partial charge in [0.15, 0.2) is 0 Å². The third kappa shape index (κ3) is 5.60. The normalized spacial score (nSPS) is 17.1. The first-order chi connectivity index (χ1) is 17.8. The second kappa shape index (κ2) is 9.99. The van der Waals surface area contributed by atoms with Gasteiger partial charge in [0.25, 0.3) is 0 Å². The summed E-state index contributed by atoms with van der Waals surface area (Å²) in [6.45, 7) is 0.159. The lowest BCUT2D eigenvalue weighted by Gasteiger charge is -2.17. The summed E-state index contributed by atoms with van der Waals surface area (Å²) in [5.74, 6) is -2.70. The lowest BCUT2D eigenvalue weighted by Crippen LogP contribution is -2.36. The van der Waals surface area contributed by atoms with Gasteiger partial charge < -0.3 is 14.9 Å². The summed E-state index contributed by atoms with van der Waals surface area (Å²) in [5, 5.41) is 4.23. The van der Waals surface area contributed by atoms with E-state index in [0.717, 1.165) is 22.8 Å². The van der Waals surface area contributed by atoms with E-state index in [1.54, 1.807) is 0 Å². The van der Waals surface area contributed by atoms with Crippen molar-refractivity contribution in [3.63, 3.8) is 0 Å². The van der Waals surface area contributed by atoms with Crippen molar-refractivity contribution in [1.29, 1.82) is 0 Å². The highest BCUT2D eigenvalue weighted by atomic mass is 32.2. The summed E-state index contributed by atoms with van der Waals surface area (Å²) < 4.78 is 45.9. The molecule has 37 heavy (non-hydrogen) atoms. The maximum atomic E-state index is 13.8. The number of nitrogens with zero attached hydrogens (tertiary/aromatic N) is 2. The van der Waals surface area contributed by atoms with Crippen LogP contribution in [0.15, 0.2) is 82.7 Å². The molecule has 12 heteroatoms. The van der Waals surface area contributed by atoms with E-state index in [0.29, 0.717) is 12.1 Å². The Balaban J connectivity index is 1.16. The van der Waals surface area contributed by atoms with Crippen LogP contribution < -0.4 is 10.0 Å². The van der Waals surface area contributed by atoms with E-state index >= 15 is 0 Å². The fourth-order valence-electron chi connectivity index (χ4n) is 3.78. The van der Waals surface area contributed by atoms with Crippen molar-refractivity contribution in [2.75, 3.05) is 11.9 Å². The molecule has 0 aromatic heterocycles. The molecular weight excluding hydrogens is 503 g/mol. The van der Waals surface area contributed by atoms with Crippen molar-refractivity contribution in [1.82, 2.24) is 9.79 Å². The average molecular weight is 525 g/mol. The molecule has 2 heterocycles. The van der Waals surface area contributed by atoms with E-state index in [9.17, 15) is 22.4 Å². The monoisotopic (exact) mass is 524 g/mol. The number of rotatable bonds is 7. The lowest BCUT2D eigenvalue weighted by molar-refractivity contribution is -0.179. The van der Waals surface area contributed by atoms with Crippen LogP contribution in [0.1, 0.15) is 16.7 Å². The molecule has 1 unspecified atom stereocenters. The number of hydroxylamine groups is 2. The van der Waals surface area contributed by atoms with Crippen LogP contribution in [0, 0.1) is 5.82 Å². The van der Waals surface area contributed by atoms with Crippen molar-refractivity contribution >= 4 is 33.6 Å². The first kappa shape index (κ1) is 24.4. The number of halogens is 1. The van der Waals surface area contributed by atoms with Crippen LogP contribution in [0.4, 0.5) is 10.1 Å². The molecule has 0 amide bonds. The molecule has 2 aliphatic heterocycles. The number of carbonyl (C=O) groups excluding carboxylic acids is 2. The third-order valence-corrected chi connectivity index (χ3v) is 7.10. The van der Waals surface area contributed by atoms with Gasteiger partial charge in [0.05, 0.1) is 0 Å². The zero-order valence-corrected chi connectivity index (χ0v) is 20.1. The number of hydrogen-bond acceptors (Lipinski definition) is 9. The quantitative estimate of drug-likeness (QED) is 0.356. The summed E-state index contributed by atoms with van der Waals surface area (Å²) >= 11 is 0. The van der Waals surface area contributed by atoms with E-state index in [-0.39, 0.29) is 23.9 Å². The van der Waals surface area contributed by atoms with Crippen molar-refractivity contribution < 1.29 is 32.0 Å². The average Bonchev–Trinajstić information content (AvgIpc) is 3.17. The van der Waals surface area contributed by atoms with Crippen molar-refractivity contribution in [3.05, 3.63) is 95.3 Å². The molecule has 0 radical (unpaired) electrons. The maximum Gasteiger partial charge on any atom is 0.441 e. The number of hydrogen-bond donors (Lipinski definition) is 2. The molecule has 2 aliphatic rings. The van der Waals surface area contributed by atoms with Crippen LogP contribution in [-0.4, -0.2) is 44.2 Å². The number of fused-ring (bicyclic) bond motifs is 2. The number of sulfonamides is 1. The minimum Gasteiger partial charge on any atom is -0.429 e. The van der Waals surface area contributed by atoms with Gasteiger partial charge in [0.1, 0.15) is 17.3 Å². The molecule has 0 spiro atoms. The maximum absolute atomic E-state index is 13.8. The van der Waals surface area contributed by atoms with E-state index in [2.05, 4.69) is 15.0 Å². The minimum atomic E-state index is -3.96. The Labute approximate surface area is 211 Å². The summed E-state index contributed by atoms with van der Waals surface area (Å²) in [4.78, 5) is 31.6. The molecule has 2 bridgehead atoms. The summed E-state index contributed by atoms with van der Waals surface area (Å²) in [5.41, 5.74) is 3.49. The van der Waals surface area contributed by atoms with Crippen LogP contribution in [0.2, 0.25) is 0 Å². The molecule has 1 fully saturated rings.